The minimum absolute atomic E-state index is 0.108. The van der Waals surface area contributed by atoms with Crippen molar-refractivity contribution in [2.45, 2.75) is 37.8 Å². The normalized spacial score (nSPS) is 29.7. The van der Waals surface area contributed by atoms with Crippen molar-refractivity contribution >= 4 is 16.9 Å². The first-order chi connectivity index (χ1) is 15.7. The lowest BCUT2D eigenvalue weighted by atomic mass is 9.94. The van der Waals surface area contributed by atoms with Crippen LogP contribution in [0.5, 0.6) is 5.75 Å². The number of likely N-dealkylation sites (tertiary alicyclic amines) is 1. The van der Waals surface area contributed by atoms with E-state index in [1.165, 1.54) is 29.7 Å². The zero-order valence-corrected chi connectivity index (χ0v) is 18.4. The number of fused-ring (bicyclic) bond motifs is 3. The van der Waals surface area contributed by atoms with Crippen LogP contribution in [0.2, 0.25) is 0 Å². The van der Waals surface area contributed by atoms with Crippen molar-refractivity contribution in [3.8, 4) is 5.75 Å². The molecule has 0 bridgehead atoms. The molecule has 0 radical (unpaired) electrons. The Labute approximate surface area is 187 Å². The standard InChI is InChI=1S/C25H29N5O2/c1-14-2-5-18-22(6-14)32-12-21(30-8-16-10-31-11-17(16)9-30)23(18)29-25-19-7-20(15-3-4-15)28-24(19)26-13-27-25/h2,5-7,13,15-17,21,23H,3-4,8-12H2,1H3,(H2,26,27,28,29)/t16-,17+,21-,23-/m1/s1. The number of aromatic nitrogens is 3. The van der Waals surface area contributed by atoms with Crippen LogP contribution in [-0.4, -0.2) is 58.8 Å². The van der Waals surface area contributed by atoms with Crippen molar-refractivity contribution < 1.29 is 9.47 Å². The Kier molecular flexibility index (Phi) is 4.24. The molecule has 166 valence electrons. The average molecular weight is 432 g/mol. The van der Waals surface area contributed by atoms with Crippen molar-refractivity contribution in [1.82, 2.24) is 19.9 Å². The van der Waals surface area contributed by atoms with Gasteiger partial charge in [0.25, 0.3) is 0 Å². The molecule has 2 aromatic heterocycles. The number of aromatic amines is 1. The van der Waals surface area contributed by atoms with Crippen LogP contribution in [0.15, 0.2) is 30.6 Å². The summed E-state index contributed by atoms with van der Waals surface area (Å²) < 4.78 is 12.0. The van der Waals surface area contributed by atoms with Gasteiger partial charge in [-0.15, -0.1) is 0 Å². The van der Waals surface area contributed by atoms with Crippen molar-refractivity contribution in [2.75, 3.05) is 38.2 Å². The monoisotopic (exact) mass is 431 g/mol. The summed E-state index contributed by atoms with van der Waals surface area (Å²) in [5.41, 5.74) is 4.64. The quantitative estimate of drug-likeness (QED) is 0.657. The molecule has 7 rings (SSSR count). The van der Waals surface area contributed by atoms with Crippen molar-refractivity contribution in [3.63, 3.8) is 0 Å². The second-order valence-corrected chi connectivity index (χ2v) is 10.0. The molecular weight excluding hydrogens is 402 g/mol. The highest BCUT2D eigenvalue weighted by Crippen LogP contribution is 2.43. The molecule has 2 saturated heterocycles. The summed E-state index contributed by atoms with van der Waals surface area (Å²) >= 11 is 0. The maximum Gasteiger partial charge on any atom is 0.143 e. The van der Waals surface area contributed by atoms with Gasteiger partial charge in [-0.3, -0.25) is 4.90 Å². The van der Waals surface area contributed by atoms with Crippen LogP contribution in [0.3, 0.4) is 0 Å². The van der Waals surface area contributed by atoms with E-state index in [0.717, 1.165) is 48.9 Å². The van der Waals surface area contributed by atoms with Crippen LogP contribution >= 0.6 is 0 Å². The van der Waals surface area contributed by atoms with Gasteiger partial charge in [0.05, 0.1) is 30.7 Å². The summed E-state index contributed by atoms with van der Waals surface area (Å²) in [6.07, 6.45) is 4.19. The molecule has 32 heavy (non-hydrogen) atoms. The van der Waals surface area contributed by atoms with Crippen LogP contribution < -0.4 is 10.1 Å². The van der Waals surface area contributed by atoms with Crippen LogP contribution in [0.25, 0.3) is 11.0 Å². The number of hydrogen-bond acceptors (Lipinski definition) is 6. The molecule has 1 saturated carbocycles. The third-order valence-electron chi connectivity index (χ3n) is 7.79. The van der Waals surface area contributed by atoms with E-state index in [0.29, 0.717) is 24.4 Å². The van der Waals surface area contributed by atoms with E-state index in [2.05, 4.69) is 56.4 Å². The van der Waals surface area contributed by atoms with E-state index in [1.807, 2.05) is 0 Å². The predicted molar refractivity (Wildman–Crippen MR) is 122 cm³/mol. The molecule has 2 N–H and O–H groups in total. The van der Waals surface area contributed by atoms with E-state index < -0.39 is 0 Å². The molecule has 3 fully saturated rings. The van der Waals surface area contributed by atoms with E-state index in [4.69, 9.17) is 9.47 Å². The molecule has 0 amide bonds. The Morgan fingerprint density at radius 2 is 1.91 bits per heavy atom. The molecule has 7 heteroatoms. The lowest BCUT2D eigenvalue weighted by molar-refractivity contribution is 0.0952. The Hall–Kier alpha value is -2.64. The fourth-order valence-electron chi connectivity index (χ4n) is 5.82. The van der Waals surface area contributed by atoms with Gasteiger partial charge in [0.2, 0.25) is 0 Å². The molecule has 1 aliphatic carbocycles. The largest absolute Gasteiger partial charge is 0.491 e. The van der Waals surface area contributed by atoms with Gasteiger partial charge >= 0.3 is 0 Å². The molecule has 0 unspecified atom stereocenters. The number of nitrogens with zero attached hydrogens (tertiary/aromatic N) is 3. The first-order valence-corrected chi connectivity index (χ1v) is 11.9. The number of H-pyrrole nitrogens is 1. The van der Waals surface area contributed by atoms with E-state index >= 15 is 0 Å². The van der Waals surface area contributed by atoms with Crippen LogP contribution in [0, 0.1) is 18.8 Å². The Morgan fingerprint density at radius 1 is 1.06 bits per heavy atom. The zero-order valence-electron chi connectivity index (χ0n) is 18.4. The van der Waals surface area contributed by atoms with Crippen LogP contribution in [0.4, 0.5) is 5.82 Å². The molecule has 3 aromatic rings. The van der Waals surface area contributed by atoms with E-state index in [9.17, 15) is 0 Å². The number of hydrogen-bond donors (Lipinski definition) is 2. The Morgan fingerprint density at radius 3 is 2.72 bits per heavy atom. The maximum atomic E-state index is 6.30. The SMILES string of the molecule is Cc1ccc2c(c1)OC[C@@H](N1C[C@H]3COC[C@H]3C1)[C@@H]2Nc1ncnc2[nH]c(C3CC3)cc12. The van der Waals surface area contributed by atoms with Gasteiger partial charge in [0.15, 0.2) is 0 Å². The van der Waals surface area contributed by atoms with Gasteiger partial charge in [0, 0.05) is 36.2 Å². The average Bonchev–Trinajstić information content (AvgIpc) is 3.20. The number of aryl methyl sites for hydroxylation is 1. The van der Waals surface area contributed by atoms with E-state index in [1.54, 1.807) is 6.33 Å². The highest BCUT2D eigenvalue weighted by atomic mass is 16.5. The smallest absolute Gasteiger partial charge is 0.143 e. The molecule has 7 nitrogen and oxygen atoms in total. The summed E-state index contributed by atoms with van der Waals surface area (Å²) in [5.74, 6) is 3.84. The number of nitrogens with one attached hydrogen (secondary N) is 2. The summed E-state index contributed by atoms with van der Waals surface area (Å²) in [4.78, 5) is 15.3. The van der Waals surface area contributed by atoms with Gasteiger partial charge in [0.1, 0.15) is 30.1 Å². The van der Waals surface area contributed by atoms with Crippen LogP contribution in [-0.2, 0) is 4.74 Å². The van der Waals surface area contributed by atoms with E-state index in [-0.39, 0.29) is 12.1 Å². The van der Waals surface area contributed by atoms with Crippen molar-refractivity contribution in [1.29, 1.82) is 0 Å². The summed E-state index contributed by atoms with van der Waals surface area (Å²) in [6, 6.07) is 9.17. The number of rotatable bonds is 4. The minimum atomic E-state index is 0.108. The fraction of sp³-hybridized carbons (Fsp3) is 0.520. The fourth-order valence-corrected chi connectivity index (χ4v) is 5.82. The highest BCUT2D eigenvalue weighted by Gasteiger charge is 2.44. The molecule has 1 aromatic carbocycles. The highest BCUT2D eigenvalue weighted by molar-refractivity contribution is 5.88. The first kappa shape index (κ1) is 18.9. The number of anilines is 1. The van der Waals surface area contributed by atoms with Gasteiger partial charge in [-0.1, -0.05) is 12.1 Å². The lowest BCUT2D eigenvalue weighted by Gasteiger charge is -2.40. The lowest BCUT2D eigenvalue weighted by Crippen LogP contribution is -2.48. The molecule has 4 aliphatic rings. The predicted octanol–water partition coefficient (Wildman–Crippen LogP) is 3.64. The molecular formula is C25H29N5O2. The maximum absolute atomic E-state index is 6.30. The third-order valence-corrected chi connectivity index (χ3v) is 7.79. The minimum Gasteiger partial charge on any atom is -0.491 e. The van der Waals surface area contributed by atoms with Gasteiger partial charge in [-0.2, -0.15) is 0 Å². The second kappa shape index (κ2) is 7.18. The summed E-state index contributed by atoms with van der Waals surface area (Å²) in [5, 5.41) is 4.92. The Bertz CT molecular complexity index is 1160. The molecule has 4 atom stereocenters. The Balaban J connectivity index is 1.26. The van der Waals surface area contributed by atoms with Crippen LogP contribution in [0.1, 0.15) is 41.6 Å². The molecule has 0 spiro atoms. The summed E-state index contributed by atoms with van der Waals surface area (Å²) in [7, 11) is 0. The third kappa shape index (κ3) is 3.10. The van der Waals surface area contributed by atoms with Gasteiger partial charge in [-0.05, 0) is 43.4 Å². The number of ether oxygens (including phenoxy) is 2. The molecule has 5 heterocycles. The molecule has 3 aliphatic heterocycles. The van der Waals surface area contributed by atoms with Crippen molar-refractivity contribution in [2.24, 2.45) is 11.8 Å². The summed E-state index contributed by atoms with van der Waals surface area (Å²) in [6.45, 7) is 6.74. The zero-order chi connectivity index (χ0) is 21.2. The van der Waals surface area contributed by atoms with Gasteiger partial charge < -0.3 is 19.8 Å². The second-order valence-electron chi connectivity index (χ2n) is 10.0. The van der Waals surface area contributed by atoms with Crippen molar-refractivity contribution in [3.05, 3.63) is 47.4 Å². The first-order valence-electron chi connectivity index (χ1n) is 11.9. The number of benzene rings is 1. The van der Waals surface area contributed by atoms with Gasteiger partial charge in [-0.25, -0.2) is 9.97 Å². The topological polar surface area (TPSA) is 75.3 Å².